The minimum atomic E-state index is -0.454. The van der Waals surface area contributed by atoms with Crippen molar-refractivity contribution < 1.29 is 19.1 Å². The Morgan fingerprint density at radius 3 is 2.58 bits per heavy atom. The van der Waals surface area contributed by atoms with Gasteiger partial charge in [-0.15, -0.1) is 0 Å². The van der Waals surface area contributed by atoms with Crippen LogP contribution in [0.4, 0.5) is 0 Å². The average molecular weight is 531 g/mol. The molecule has 0 spiro atoms. The van der Waals surface area contributed by atoms with Crippen LogP contribution in [0.5, 0.6) is 11.5 Å². The third-order valence-electron chi connectivity index (χ3n) is 4.39. The van der Waals surface area contributed by atoms with Crippen molar-refractivity contribution in [2.75, 3.05) is 13.7 Å². The van der Waals surface area contributed by atoms with Crippen LogP contribution in [-0.2, 0) is 11.4 Å². The van der Waals surface area contributed by atoms with Gasteiger partial charge in [-0.25, -0.2) is 5.43 Å². The first kappa shape index (κ1) is 24.3. The molecule has 0 aliphatic heterocycles. The highest BCUT2D eigenvalue weighted by molar-refractivity contribution is 9.10. The Morgan fingerprint density at radius 2 is 1.85 bits per heavy atom. The maximum atomic E-state index is 12.1. The number of methoxy groups -OCH3 is 1. The Labute approximate surface area is 204 Å². The second-order valence-corrected chi connectivity index (χ2v) is 8.16. The third kappa shape index (κ3) is 7.62. The lowest BCUT2D eigenvalue weighted by molar-refractivity contribution is -0.120. The molecular weight excluding hydrogens is 510 g/mol. The summed E-state index contributed by atoms with van der Waals surface area (Å²) in [6.45, 7) is 0.159. The monoisotopic (exact) mass is 529 g/mol. The number of hydrogen-bond acceptors (Lipinski definition) is 5. The van der Waals surface area contributed by atoms with Crippen LogP contribution >= 0.6 is 27.5 Å². The van der Waals surface area contributed by atoms with Gasteiger partial charge in [-0.1, -0.05) is 45.7 Å². The Hall–Kier alpha value is -3.36. The van der Waals surface area contributed by atoms with Gasteiger partial charge in [-0.3, -0.25) is 9.59 Å². The van der Waals surface area contributed by atoms with E-state index in [2.05, 4.69) is 31.8 Å². The number of nitrogens with one attached hydrogen (secondary N) is 2. The summed E-state index contributed by atoms with van der Waals surface area (Å²) in [7, 11) is 1.54. The molecule has 3 rings (SSSR count). The number of hydrogen-bond donors (Lipinski definition) is 2. The van der Waals surface area contributed by atoms with Crippen molar-refractivity contribution in [2.45, 2.75) is 6.61 Å². The third-order valence-corrected chi connectivity index (χ3v) is 5.14. The molecule has 3 aromatic carbocycles. The van der Waals surface area contributed by atoms with Crippen molar-refractivity contribution in [1.29, 1.82) is 0 Å². The second-order valence-electron chi connectivity index (χ2n) is 6.81. The van der Waals surface area contributed by atoms with Crippen LogP contribution in [0.3, 0.4) is 0 Å². The molecule has 0 radical (unpaired) electrons. The Balaban J connectivity index is 1.50. The number of hydrazone groups is 1. The van der Waals surface area contributed by atoms with E-state index >= 15 is 0 Å². The number of benzene rings is 3. The molecule has 9 heteroatoms. The molecule has 2 amide bonds. The highest BCUT2D eigenvalue weighted by Gasteiger charge is 2.08. The first-order valence-corrected chi connectivity index (χ1v) is 11.0. The van der Waals surface area contributed by atoms with Crippen molar-refractivity contribution in [3.63, 3.8) is 0 Å². The molecule has 3 aromatic rings. The molecule has 0 bridgehead atoms. The van der Waals surface area contributed by atoms with Crippen LogP contribution in [0.1, 0.15) is 21.5 Å². The molecule has 0 saturated carbocycles. The molecule has 0 aliphatic rings. The summed E-state index contributed by atoms with van der Waals surface area (Å²) in [6.07, 6.45) is 1.47. The molecule has 170 valence electrons. The van der Waals surface area contributed by atoms with Crippen LogP contribution in [0.2, 0.25) is 5.02 Å². The van der Waals surface area contributed by atoms with E-state index in [1.54, 1.807) is 55.6 Å². The smallest absolute Gasteiger partial charge is 0.259 e. The predicted molar refractivity (Wildman–Crippen MR) is 131 cm³/mol. The average Bonchev–Trinajstić information content (AvgIpc) is 2.82. The highest BCUT2D eigenvalue weighted by Crippen LogP contribution is 2.28. The minimum absolute atomic E-state index is 0.205. The standard InChI is InChI=1S/C24H21BrClN3O4/c1-32-22-11-17(7-10-21(22)33-15-16-5-8-20(26)9-6-16)13-28-29-23(30)14-27-24(31)18-3-2-4-19(25)12-18/h2-13H,14-15H2,1H3,(H,27,31)(H,29,30)/b28-13-. The van der Waals surface area contributed by atoms with Crippen molar-refractivity contribution in [1.82, 2.24) is 10.7 Å². The Morgan fingerprint density at radius 1 is 1.06 bits per heavy atom. The van der Waals surface area contributed by atoms with E-state index in [1.807, 2.05) is 18.2 Å². The number of carbonyl (C=O) groups excluding carboxylic acids is 2. The van der Waals surface area contributed by atoms with E-state index in [0.717, 1.165) is 10.0 Å². The number of rotatable bonds is 9. The molecule has 0 unspecified atom stereocenters. The molecule has 0 aromatic heterocycles. The van der Waals surface area contributed by atoms with Crippen molar-refractivity contribution in [2.24, 2.45) is 5.10 Å². The van der Waals surface area contributed by atoms with Gasteiger partial charge in [0.05, 0.1) is 19.9 Å². The molecule has 0 heterocycles. The first-order chi connectivity index (χ1) is 15.9. The fourth-order valence-corrected chi connectivity index (χ4v) is 3.26. The van der Waals surface area contributed by atoms with Gasteiger partial charge in [0.15, 0.2) is 11.5 Å². The van der Waals surface area contributed by atoms with E-state index < -0.39 is 5.91 Å². The predicted octanol–water partition coefficient (Wildman–Crippen LogP) is 4.57. The van der Waals surface area contributed by atoms with Crippen LogP contribution in [0.15, 0.2) is 76.3 Å². The summed E-state index contributed by atoms with van der Waals surface area (Å²) in [5, 5.41) is 7.13. The minimum Gasteiger partial charge on any atom is -0.493 e. The quantitative estimate of drug-likeness (QED) is 0.313. The van der Waals surface area contributed by atoms with Crippen LogP contribution in [-0.4, -0.2) is 31.7 Å². The second kappa shape index (κ2) is 12.0. The van der Waals surface area contributed by atoms with E-state index in [9.17, 15) is 9.59 Å². The summed E-state index contributed by atoms with van der Waals surface area (Å²) in [5.41, 5.74) is 4.50. The Bertz CT molecular complexity index is 1150. The first-order valence-electron chi connectivity index (χ1n) is 9.85. The van der Waals surface area contributed by atoms with E-state index in [1.165, 1.54) is 6.21 Å². The van der Waals surface area contributed by atoms with Gasteiger partial charge < -0.3 is 14.8 Å². The highest BCUT2D eigenvalue weighted by atomic mass is 79.9. The van der Waals surface area contributed by atoms with E-state index in [-0.39, 0.29) is 12.5 Å². The fourth-order valence-electron chi connectivity index (χ4n) is 2.74. The summed E-state index contributed by atoms with van der Waals surface area (Å²) < 4.78 is 12.0. The molecule has 0 saturated heterocycles. The molecule has 33 heavy (non-hydrogen) atoms. The van der Waals surface area contributed by atoms with Gasteiger partial charge >= 0.3 is 0 Å². The van der Waals surface area contributed by atoms with Gasteiger partial charge in [0, 0.05) is 15.1 Å². The van der Waals surface area contributed by atoms with Gasteiger partial charge in [0.2, 0.25) is 0 Å². The number of nitrogens with zero attached hydrogens (tertiary/aromatic N) is 1. The van der Waals surface area contributed by atoms with Gasteiger partial charge in [0.1, 0.15) is 6.61 Å². The molecule has 2 N–H and O–H groups in total. The molecule has 0 aliphatic carbocycles. The van der Waals surface area contributed by atoms with Gasteiger partial charge in [-0.05, 0) is 59.7 Å². The summed E-state index contributed by atoms with van der Waals surface area (Å²) in [6, 6.07) is 19.5. The maximum Gasteiger partial charge on any atom is 0.259 e. The summed E-state index contributed by atoms with van der Waals surface area (Å²) in [4.78, 5) is 24.0. The SMILES string of the molecule is COc1cc(/C=N\NC(=O)CNC(=O)c2cccc(Br)c2)ccc1OCc1ccc(Cl)cc1. The summed E-state index contributed by atoms with van der Waals surface area (Å²) in [5.74, 6) is 0.295. The zero-order chi connectivity index (χ0) is 23.6. The number of carbonyl (C=O) groups is 2. The van der Waals surface area contributed by atoms with Gasteiger partial charge in [0.25, 0.3) is 11.8 Å². The maximum absolute atomic E-state index is 12.1. The zero-order valence-electron chi connectivity index (χ0n) is 17.7. The lowest BCUT2D eigenvalue weighted by atomic mass is 10.2. The van der Waals surface area contributed by atoms with Gasteiger partial charge in [-0.2, -0.15) is 5.10 Å². The number of ether oxygens (including phenoxy) is 2. The lowest BCUT2D eigenvalue weighted by Gasteiger charge is -2.11. The lowest BCUT2D eigenvalue weighted by Crippen LogP contribution is -2.34. The molecule has 0 atom stereocenters. The van der Waals surface area contributed by atoms with Crippen molar-refractivity contribution in [3.05, 3.63) is 92.9 Å². The molecule has 7 nitrogen and oxygen atoms in total. The van der Waals surface area contributed by atoms with Crippen molar-refractivity contribution in [3.8, 4) is 11.5 Å². The molecular formula is C24H21BrClN3O4. The fraction of sp³-hybridized carbons (Fsp3) is 0.125. The largest absolute Gasteiger partial charge is 0.493 e. The summed E-state index contributed by atoms with van der Waals surface area (Å²) >= 11 is 9.20. The topological polar surface area (TPSA) is 89.0 Å². The van der Waals surface area contributed by atoms with Crippen molar-refractivity contribution >= 4 is 45.6 Å². The Kier molecular flexibility index (Phi) is 8.86. The van der Waals surface area contributed by atoms with Crippen LogP contribution in [0, 0.1) is 0 Å². The van der Waals surface area contributed by atoms with E-state index in [4.69, 9.17) is 21.1 Å². The number of halogens is 2. The van der Waals surface area contributed by atoms with Crippen LogP contribution < -0.4 is 20.2 Å². The normalized spacial score (nSPS) is 10.6. The van der Waals surface area contributed by atoms with E-state index in [0.29, 0.717) is 34.3 Å². The number of amides is 2. The van der Waals surface area contributed by atoms with Crippen LogP contribution in [0.25, 0.3) is 0 Å². The molecule has 0 fully saturated rings. The zero-order valence-corrected chi connectivity index (χ0v) is 20.0.